The van der Waals surface area contributed by atoms with Gasteiger partial charge in [-0.15, -0.1) is 0 Å². The minimum absolute atomic E-state index is 0.0134. The molecule has 66 heavy (non-hydrogen) atoms. The standard InChI is InChI=1S/C60H103NO5/c1-4-7-10-13-16-19-22-25-27-29-31-34-36-39-42-45-48-51-56(66-60(65)53-50-47-44-41-38-35-32-30-28-26-23-20-17-14-11-8-5-2)54-59(64)61-57(55-62)58(63)52-49-46-43-40-37-33-24-21-18-15-12-9-6-3/h16-17,19-20,25-28,31-32,34-35,39,41-42,44,56-58,62-63H,4-15,18,21-24,29-30,33,36-38,40,43,45-55H2,1-3H3,(H,61,64)/b19-16-,20-17-,27-25-,28-26-,34-31-,35-32-,42-39-,44-41-. The zero-order chi connectivity index (χ0) is 48.1. The van der Waals surface area contributed by atoms with Crippen LogP contribution in [-0.2, 0) is 14.3 Å². The van der Waals surface area contributed by atoms with Crippen molar-refractivity contribution in [2.24, 2.45) is 0 Å². The van der Waals surface area contributed by atoms with Gasteiger partial charge in [-0.2, -0.15) is 0 Å². The van der Waals surface area contributed by atoms with E-state index in [2.05, 4.69) is 123 Å². The number of ether oxygens (including phenoxy) is 1. The van der Waals surface area contributed by atoms with Gasteiger partial charge < -0.3 is 20.3 Å². The molecule has 0 radical (unpaired) electrons. The lowest BCUT2D eigenvalue weighted by molar-refractivity contribution is -0.151. The summed E-state index contributed by atoms with van der Waals surface area (Å²) in [7, 11) is 0. The fourth-order valence-electron chi connectivity index (χ4n) is 7.71. The van der Waals surface area contributed by atoms with Crippen LogP contribution in [0.25, 0.3) is 0 Å². The third-order valence-corrected chi connectivity index (χ3v) is 11.9. The average molecular weight is 918 g/mol. The molecule has 378 valence electrons. The molecule has 1 amide bonds. The van der Waals surface area contributed by atoms with Crippen molar-refractivity contribution in [2.45, 2.75) is 264 Å². The van der Waals surface area contributed by atoms with Gasteiger partial charge in [-0.1, -0.05) is 227 Å². The quantitative estimate of drug-likeness (QED) is 0.0321. The van der Waals surface area contributed by atoms with E-state index in [1.54, 1.807) is 0 Å². The van der Waals surface area contributed by atoms with Gasteiger partial charge in [0, 0.05) is 6.42 Å². The molecule has 0 heterocycles. The highest BCUT2D eigenvalue weighted by Gasteiger charge is 2.24. The Balaban J connectivity index is 4.79. The van der Waals surface area contributed by atoms with Gasteiger partial charge in [0.25, 0.3) is 0 Å². The van der Waals surface area contributed by atoms with E-state index in [-0.39, 0.29) is 24.9 Å². The van der Waals surface area contributed by atoms with Crippen LogP contribution >= 0.6 is 0 Å². The lowest BCUT2D eigenvalue weighted by Crippen LogP contribution is -2.46. The van der Waals surface area contributed by atoms with Crippen molar-refractivity contribution in [3.05, 3.63) is 97.2 Å². The van der Waals surface area contributed by atoms with Gasteiger partial charge in [0.05, 0.1) is 25.2 Å². The van der Waals surface area contributed by atoms with E-state index in [1.165, 1.54) is 116 Å². The molecular formula is C60H103NO5. The van der Waals surface area contributed by atoms with Crippen molar-refractivity contribution in [3.63, 3.8) is 0 Å². The first-order valence-electron chi connectivity index (χ1n) is 27.5. The van der Waals surface area contributed by atoms with Gasteiger partial charge >= 0.3 is 5.97 Å². The molecule has 0 aromatic carbocycles. The molecular weight excluding hydrogens is 815 g/mol. The number of esters is 1. The Bertz CT molecular complexity index is 1310. The maximum Gasteiger partial charge on any atom is 0.306 e. The summed E-state index contributed by atoms with van der Waals surface area (Å²) in [5.74, 6) is -0.599. The van der Waals surface area contributed by atoms with Crippen LogP contribution in [-0.4, -0.2) is 46.9 Å². The third-order valence-electron chi connectivity index (χ3n) is 11.9. The Hall–Kier alpha value is -3.22. The Morgan fingerprint density at radius 2 is 0.788 bits per heavy atom. The lowest BCUT2D eigenvalue weighted by Gasteiger charge is -2.24. The maximum atomic E-state index is 13.2. The van der Waals surface area contributed by atoms with Gasteiger partial charge in [-0.05, 0) is 103 Å². The number of aliphatic hydroxyl groups excluding tert-OH is 2. The van der Waals surface area contributed by atoms with Crippen LogP contribution in [0.4, 0.5) is 0 Å². The Morgan fingerprint density at radius 3 is 1.20 bits per heavy atom. The molecule has 3 unspecified atom stereocenters. The first kappa shape index (κ1) is 62.8. The number of carbonyl (C=O) groups is 2. The topological polar surface area (TPSA) is 95.9 Å². The minimum Gasteiger partial charge on any atom is -0.462 e. The molecule has 0 aliphatic rings. The van der Waals surface area contributed by atoms with Crippen molar-refractivity contribution in [2.75, 3.05) is 6.61 Å². The minimum atomic E-state index is -0.817. The molecule has 0 saturated heterocycles. The number of rotatable bonds is 48. The monoisotopic (exact) mass is 918 g/mol. The molecule has 0 aromatic heterocycles. The molecule has 0 fully saturated rings. The van der Waals surface area contributed by atoms with Crippen molar-refractivity contribution in [1.29, 1.82) is 0 Å². The van der Waals surface area contributed by atoms with Gasteiger partial charge in [-0.3, -0.25) is 9.59 Å². The van der Waals surface area contributed by atoms with E-state index in [0.29, 0.717) is 25.7 Å². The van der Waals surface area contributed by atoms with E-state index >= 15 is 0 Å². The van der Waals surface area contributed by atoms with Crippen LogP contribution in [0.15, 0.2) is 97.2 Å². The summed E-state index contributed by atoms with van der Waals surface area (Å²) in [6.07, 6.45) is 70.4. The predicted octanol–water partition coefficient (Wildman–Crippen LogP) is 16.9. The summed E-state index contributed by atoms with van der Waals surface area (Å²) in [5.41, 5.74) is 0. The molecule has 0 saturated carbocycles. The van der Waals surface area contributed by atoms with Crippen LogP contribution in [0.2, 0.25) is 0 Å². The highest BCUT2D eigenvalue weighted by atomic mass is 16.5. The van der Waals surface area contributed by atoms with Crippen molar-refractivity contribution in [1.82, 2.24) is 5.32 Å². The molecule has 0 spiro atoms. The van der Waals surface area contributed by atoms with Gasteiger partial charge in [0.15, 0.2) is 0 Å². The van der Waals surface area contributed by atoms with E-state index in [4.69, 9.17) is 4.74 Å². The first-order valence-corrected chi connectivity index (χ1v) is 27.5. The van der Waals surface area contributed by atoms with Gasteiger partial charge in [0.1, 0.15) is 6.10 Å². The van der Waals surface area contributed by atoms with Crippen molar-refractivity contribution < 1.29 is 24.5 Å². The maximum absolute atomic E-state index is 13.2. The van der Waals surface area contributed by atoms with E-state index in [9.17, 15) is 19.8 Å². The highest BCUT2D eigenvalue weighted by Crippen LogP contribution is 2.16. The Morgan fingerprint density at radius 1 is 0.439 bits per heavy atom. The van der Waals surface area contributed by atoms with Crippen molar-refractivity contribution in [3.8, 4) is 0 Å². The molecule has 0 aliphatic heterocycles. The van der Waals surface area contributed by atoms with E-state index in [0.717, 1.165) is 77.0 Å². The first-order chi connectivity index (χ1) is 32.5. The fraction of sp³-hybridized carbons (Fsp3) is 0.700. The van der Waals surface area contributed by atoms with Crippen LogP contribution < -0.4 is 5.32 Å². The largest absolute Gasteiger partial charge is 0.462 e. The molecule has 3 atom stereocenters. The number of allylic oxidation sites excluding steroid dienone is 16. The summed E-state index contributed by atoms with van der Waals surface area (Å²) in [5, 5.41) is 23.8. The second-order valence-corrected chi connectivity index (χ2v) is 18.3. The summed E-state index contributed by atoms with van der Waals surface area (Å²) in [4.78, 5) is 26.2. The number of nitrogens with one attached hydrogen (secondary N) is 1. The number of hydrogen-bond donors (Lipinski definition) is 3. The third kappa shape index (κ3) is 47.3. The second kappa shape index (κ2) is 52.7. The van der Waals surface area contributed by atoms with Crippen LogP contribution in [0, 0.1) is 0 Å². The normalized spacial score (nSPS) is 14.0. The SMILES string of the molecule is CCCCC/C=C\C/C=C\C/C=C\C/C=C\CCCC(=O)OC(CCC/C=C\C/C=C\C/C=C\C/C=C\CCCCC)CC(=O)NC(CO)C(O)CCCCCCCCCCCCCCC. The Kier molecular flexibility index (Phi) is 50.2. The molecule has 6 nitrogen and oxygen atoms in total. The second-order valence-electron chi connectivity index (χ2n) is 18.3. The zero-order valence-electron chi connectivity index (χ0n) is 43.0. The summed E-state index contributed by atoms with van der Waals surface area (Å²) >= 11 is 0. The molecule has 6 heteroatoms. The number of unbranched alkanes of at least 4 members (excludes halogenated alkanes) is 20. The van der Waals surface area contributed by atoms with Crippen LogP contribution in [0.1, 0.15) is 245 Å². The molecule has 0 aliphatic carbocycles. The van der Waals surface area contributed by atoms with Crippen LogP contribution in [0.5, 0.6) is 0 Å². The van der Waals surface area contributed by atoms with E-state index in [1.807, 2.05) is 0 Å². The average Bonchev–Trinajstić information content (AvgIpc) is 3.31. The molecule has 0 aromatic rings. The summed E-state index contributed by atoms with van der Waals surface area (Å²) < 4.78 is 5.89. The zero-order valence-corrected chi connectivity index (χ0v) is 43.0. The predicted molar refractivity (Wildman–Crippen MR) is 287 cm³/mol. The fourth-order valence-corrected chi connectivity index (χ4v) is 7.71. The van der Waals surface area contributed by atoms with E-state index < -0.39 is 18.2 Å². The number of aliphatic hydroxyl groups is 2. The van der Waals surface area contributed by atoms with Crippen molar-refractivity contribution >= 4 is 11.9 Å². The Labute approximate surface area is 407 Å². The number of carbonyl (C=O) groups excluding carboxylic acids is 2. The summed E-state index contributed by atoms with van der Waals surface area (Å²) in [6.45, 7) is 6.40. The molecule has 0 bridgehead atoms. The number of hydrogen-bond acceptors (Lipinski definition) is 5. The molecule has 3 N–H and O–H groups in total. The van der Waals surface area contributed by atoms with Crippen LogP contribution in [0.3, 0.4) is 0 Å². The van der Waals surface area contributed by atoms with Gasteiger partial charge in [-0.25, -0.2) is 0 Å². The highest BCUT2D eigenvalue weighted by molar-refractivity contribution is 5.77. The number of amides is 1. The summed E-state index contributed by atoms with van der Waals surface area (Å²) in [6, 6.07) is -0.736. The van der Waals surface area contributed by atoms with Gasteiger partial charge in [0.2, 0.25) is 5.91 Å². The smallest absolute Gasteiger partial charge is 0.306 e. The molecule has 0 rings (SSSR count). The lowest BCUT2D eigenvalue weighted by atomic mass is 10.0.